The first-order valence-corrected chi connectivity index (χ1v) is 11.3. The summed E-state index contributed by atoms with van der Waals surface area (Å²) in [5, 5.41) is 13.2. The van der Waals surface area contributed by atoms with Crippen LogP contribution in [0, 0.1) is 10.1 Å². The van der Waals surface area contributed by atoms with E-state index in [1.165, 1.54) is 17.2 Å². The average molecular weight is 480 g/mol. The van der Waals surface area contributed by atoms with Gasteiger partial charge in [0.2, 0.25) is 12.7 Å². The minimum Gasteiger partial charge on any atom is -0.454 e. The van der Waals surface area contributed by atoms with Gasteiger partial charge in [0.05, 0.1) is 4.92 Å². The van der Waals surface area contributed by atoms with Crippen LogP contribution in [0.2, 0.25) is 0 Å². The van der Waals surface area contributed by atoms with Crippen molar-refractivity contribution in [1.29, 1.82) is 0 Å². The number of benzene rings is 2. The maximum Gasteiger partial charge on any atom is 0.295 e. The van der Waals surface area contributed by atoms with Crippen molar-refractivity contribution in [1.82, 2.24) is 4.90 Å². The van der Waals surface area contributed by atoms with E-state index in [0.717, 1.165) is 30.9 Å². The number of ether oxygens (including phenoxy) is 2. The smallest absolute Gasteiger partial charge is 0.295 e. The molecule has 1 saturated heterocycles. The largest absolute Gasteiger partial charge is 0.454 e. The molecule has 2 atom stereocenters. The number of nitro benzene ring substituents is 1. The number of rotatable bonds is 5. The summed E-state index contributed by atoms with van der Waals surface area (Å²) in [4.78, 5) is 44.4. The molecule has 35 heavy (non-hydrogen) atoms. The summed E-state index contributed by atoms with van der Waals surface area (Å²) in [5.74, 6) is 0.173. The molecule has 0 bridgehead atoms. The van der Waals surface area contributed by atoms with Gasteiger partial charge in [-0.2, -0.15) is 0 Å². The SMILES string of the molecule is NC(=O)c1ccc(N2OC(c3ccc4c(c3)OCO4)C=CC2C(=O)N2CCCCC2)c([N+](=O)[O-])c1. The number of carbonyl (C=O) groups is 2. The minimum atomic E-state index is -0.920. The van der Waals surface area contributed by atoms with Crippen LogP contribution in [-0.4, -0.2) is 47.6 Å². The predicted octanol–water partition coefficient (Wildman–Crippen LogP) is 2.85. The van der Waals surface area contributed by atoms with Gasteiger partial charge in [0.25, 0.3) is 11.6 Å². The molecule has 2 aromatic carbocycles. The first kappa shape index (κ1) is 22.7. The van der Waals surface area contributed by atoms with Crippen molar-refractivity contribution in [2.75, 3.05) is 24.9 Å². The van der Waals surface area contributed by atoms with Gasteiger partial charge in [-0.3, -0.25) is 24.5 Å². The normalized spacial score (nSPS) is 21.1. The molecule has 0 radical (unpaired) electrons. The van der Waals surface area contributed by atoms with Gasteiger partial charge in [-0.15, -0.1) is 0 Å². The topological polar surface area (TPSA) is 137 Å². The molecule has 3 heterocycles. The van der Waals surface area contributed by atoms with Gasteiger partial charge in [-0.1, -0.05) is 18.2 Å². The molecule has 11 heteroatoms. The summed E-state index contributed by atoms with van der Waals surface area (Å²) in [6.45, 7) is 1.35. The number of nitrogens with zero attached hydrogens (tertiary/aromatic N) is 3. The van der Waals surface area contributed by atoms with Crippen molar-refractivity contribution in [2.24, 2.45) is 5.73 Å². The Labute approximate surface area is 200 Å². The number of likely N-dealkylation sites (tertiary alicyclic amines) is 1. The highest BCUT2D eigenvalue weighted by Gasteiger charge is 2.38. The van der Waals surface area contributed by atoms with E-state index < -0.39 is 28.7 Å². The summed E-state index contributed by atoms with van der Waals surface area (Å²) >= 11 is 0. The molecular formula is C24H24N4O7. The van der Waals surface area contributed by atoms with Crippen molar-refractivity contribution in [3.63, 3.8) is 0 Å². The van der Waals surface area contributed by atoms with Crippen molar-refractivity contribution < 1.29 is 28.8 Å². The number of nitrogens with two attached hydrogens (primary N) is 1. The number of amides is 2. The number of carbonyl (C=O) groups excluding carboxylic acids is 2. The maximum absolute atomic E-state index is 13.5. The fourth-order valence-electron chi connectivity index (χ4n) is 4.47. The van der Waals surface area contributed by atoms with Crippen LogP contribution in [0.5, 0.6) is 11.5 Å². The second-order valence-electron chi connectivity index (χ2n) is 8.51. The lowest BCUT2D eigenvalue weighted by Crippen LogP contribution is -2.51. The zero-order valence-corrected chi connectivity index (χ0v) is 18.8. The fraction of sp³-hybridized carbons (Fsp3) is 0.333. The number of piperidine rings is 1. The highest BCUT2D eigenvalue weighted by Crippen LogP contribution is 2.40. The van der Waals surface area contributed by atoms with Crippen LogP contribution in [0.4, 0.5) is 11.4 Å². The van der Waals surface area contributed by atoms with Gasteiger partial charge in [0, 0.05) is 24.7 Å². The van der Waals surface area contributed by atoms with Crippen LogP contribution in [0.3, 0.4) is 0 Å². The van der Waals surface area contributed by atoms with Crippen LogP contribution in [0.25, 0.3) is 0 Å². The number of fused-ring (bicyclic) bond motifs is 1. The molecule has 2 N–H and O–H groups in total. The van der Waals surface area contributed by atoms with E-state index in [1.807, 2.05) is 0 Å². The van der Waals surface area contributed by atoms with Crippen molar-refractivity contribution in [2.45, 2.75) is 31.4 Å². The summed E-state index contributed by atoms with van der Waals surface area (Å²) in [5.41, 5.74) is 5.69. The molecule has 182 valence electrons. The lowest BCUT2D eigenvalue weighted by atomic mass is 10.0. The molecule has 1 fully saturated rings. The highest BCUT2D eigenvalue weighted by molar-refractivity contribution is 5.95. The Kier molecular flexibility index (Phi) is 6.00. The third-order valence-corrected chi connectivity index (χ3v) is 6.29. The molecule has 0 aliphatic carbocycles. The number of hydrogen-bond acceptors (Lipinski definition) is 8. The maximum atomic E-state index is 13.5. The molecule has 2 amide bonds. The second kappa shape index (κ2) is 9.26. The molecule has 0 aromatic heterocycles. The van der Waals surface area contributed by atoms with Gasteiger partial charge < -0.3 is 20.1 Å². The Morgan fingerprint density at radius 2 is 1.77 bits per heavy atom. The van der Waals surface area contributed by atoms with E-state index in [2.05, 4.69) is 0 Å². The number of anilines is 1. The first-order valence-electron chi connectivity index (χ1n) is 11.3. The summed E-state index contributed by atoms with van der Waals surface area (Å²) in [6.07, 6.45) is 5.65. The van der Waals surface area contributed by atoms with Crippen LogP contribution in [0.15, 0.2) is 48.6 Å². The standard InChI is InChI=1S/C24H24N4O7/c25-23(29)16-4-6-17(19(12-16)28(31)32)27-18(24(30)26-10-2-1-3-11-26)7-9-20(35-27)15-5-8-21-22(13-15)34-14-33-21/h4-9,12-13,18,20H,1-3,10-11,14H2,(H2,25,29). The van der Waals surface area contributed by atoms with E-state index in [4.69, 9.17) is 20.0 Å². The zero-order valence-electron chi connectivity index (χ0n) is 18.8. The van der Waals surface area contributed by atoms with Gasteiger partial charge >= 0.3 is 0 Å². The monoisotopic (exact) mass is 480 g/mol. The third-order valence-electron chi connectivity index (χ3n) is 6.29. The fourth-order valence-corrected chi connectivity index (χ4v) is 4.47. The van der Waals surface area contributed by atoms with Crippen LogP contribution in [0.1, 0.15) is 41.3 Å². The van der Waals surface area contributed by atoms with Crippen molar-refractivity contribution >= 4 is 23.2 Å². The molecule has 2 aromatic rings. The Morgan fingerprint density at radius 3 is 2.51 bits per heavy atom. The number of primary amides is 1. The minimum absolute atomic E-state index is 0.0146. The van der Waals surface area contributed by atoms with Crippen molar-refractivity contribution in [3.8, 4) is 11.5 Å². The van der Waals surface area contributed by atoms with E-state index in [0.29, 0.717) is 24.6 Å². The Bertz CT molecular complexity index is 1210. The second-order valence-corrected chi connectivity index (χ2v) is 8.51. The lowest BCUT2D eigenvalue weighted by Gasteiger charge is -2.38. The Morgan fingerprint density at radius 1 is 1.00 bits per heavy atom. The average Bonchev–Trinajstić information content (AvgIpc) is 3.36. The Hall–Kier alpha value is -4.12. The molecule has 0 saturated carbocycles. The summed E-state index contributed by atoms with van der Waals surface area (Å²) < 4.78 is 10.8. The Balaban J connectivity index is 1.54. The molecule has 11 nitrogen and oxygen atoms in total. The quantitative estimate of drug-likeness (QED) is 0.392. The highest BCUT2D eigenvalue weighted by atomic mass is 16.7. The van der Waals surface area contributed by atoms with Gasteiger partial charge in [-0.05, 0) is 49.1 Å². The van der Waals surface area contributed by atoms with Gasteiger partial charge in [0.1, 0.15) is 11.8 Å². The van der Waals surface area contributed by atoms with Crippen LogP contribution in [-0.2, 0) is 9.63 Å². The number of nitro groups is 1. The molecule has 2 unspecified atom stereocenters. The van der Waals surface area contributed by atoms with Crippen LogP contribution < -0.4 is 20.3 Å². The molecule has 3 aliphatic rings. The van der Waals surface area contributed by atoms with Crippen molar-refractivity contribution in [3.05, 3.63) is 69.8 Å². The molecule has 0 spiro atoms. The van der Waals surface area contributed by atoms with E-state index >= 15 is 0 Å². The van der Waals surface area contributed by atoms with E-state index in [-0.39, 0.29) is 24.0 Å². The van der Waals surface area contributed by atoms with Gasteiger partial charge in [0.15, 0.2) is 17.5 Å². The molecule has 5 rings (SSSR count). The number of hydroxylamine groups is 1. The first-order chi connectivity index (χ1) is 16.9. The molecule has 3 aliphatic heterocycles. The lowest BCUT2D eigenvalue weighted by molar-refractivity contribution is -0.384. The van der Waals surface area contributed by atoms with Crippen LogP contribution >= 0.6 is 0 Å². The third kappa shape index (κ3) is 4.37. The van der Waals surface area contributed by atoms with E-state index in [9.17, 15) is 19.7 Å². The molecular weight excluding hydrogens is 456 g/mol. The summed E-state index contributed by atoms with van der Waals surface area (Å²) in [7, 11) is 0. The zero-order chi connectivity index (χ0) is 24.5. The number of hydrogen-bond donors (Lipinski definition) is 1. The van der Waals surface area contributed by atoms with E-state index in [1.54, 1.807) is 35.3 Å². The predicted molar refractivity (Wildman–Crippen MR) is 124 cm³/mol. The van der Waals surface area contributed by atoms with Gasteiger partial charge in [-0.25, -0.2) is 5.06 Å². The summed E-state index contributed by atoms with van der Waals surface area (Å²) in [6, 6.07) is 8.27.